The Morgan fingerprint density at radius 3 is 2.58 bits per heavy atom. The Kier molecular flexibility index (Phi) is 6.25. The van der Waals surface area contributed by atoms with Gasteiger partial charge in [0.05, 0.1) is 23.4 Å². The largest absolute Gasteiger partial charge is 0.486 e. The number of esters is 1. The molecule has 0 amide bonds. The van der Waals surface area contributed by atoms with Gasteiger partial charge in [-0.05, 0) is 31.2 Å². The fraction of sp³-hybridized carbons (Fsp3) is 0.190. The van der Waals surface area contributed by atoms with E-state index in [0.29, 0.717) is 12.4 Å². The first kappa shape index (κ1) is 22.6. The molecule has 4 rings (SSSR count). The molecular weight excluding hydrogens is 476 g/mol. The predicted molar refractivity (Wildman–Crippen MR) is 116 cm³/mol. The number of rotatable bonds is 6. The maximum atomic E-state index is 12.9. The Hall–Kier alpha value is -3.57. The molecule has 0 radical (unpaired) electrons. The van der Waals surface area contributed by atoms with Crippen molar-refractivity contribution in [3.8, 4) is 22.9 Å². The highest BCUT2D eigenvalue weighted by Gasteiger charge is 2.27. The van der Waals surface area contributed by atoms with Crippen LogP contribution in [0.25, 0.3) is 5.69 Å². The molecule has 12 heteroatoms. The third kappa shape index (κ3) is 4.64. The number of hydrogen-bond acceptors (Lipinski definition) is 9. The number of aromatic nitrogens is 2. The van der Waals surface area contributed by atoms with Gasteiger partial charge in [-0.2, -0.15) is 18.2 Å². The molecule has 0 atom stereocenters. The van der Waals surface area contributed by atoms with Crippen molar-refractivity contribution in [1.82, 2.24) is 9.78 Å². The SMILES string of the molecule is CCOC(=O)c1nn(-c2ccccc2Cl)c(=O)cc1OS(=O)(=O)c1ccc2c(c1)OCCO2. The van der Waals surface area contributed by atoms with Crippen molar-refractivity contribution in [2.75, 3.05) is 19.8 Å². The van der Waals surface area contributed by atoms with Crippen LogP contribution in [0, 0.1) is 0 Å². The second kappa shape index (κ2) is 9.12. The van der Waals surface area contributed by atoms with E-state index in [4.69, 9.17) is 30.0 Å². The maximum absolute atomic E-state index is 12.9. The molecule has 2 aromatic carbocycles. The van der Waals surface area contributed by atoms with E-state index in [-0.39, 0.29) is 34.6 Å². The fourth-order valence-electron chi connectivity index (χ4n) is 2.99. The van der Waals surface area contributed by atoms with Gasteiger partial charge >= 0.3 is 16.1 Å². The van der Waals surface area contributed by atoms with Crippen LogP contribution in [0.15, 0.2) is 58.2 Å². The summed E-state index contributed by atoms with van der Waals surface area (Å²) >= 11 is 6.14. The van der Waals surface area contributed by atoms with E-state index >= 15 is 0 Å². The van der Waals surface area contributed by atoms with Gasteiger partial charge in [0.15, 0.2) is 17.2 Å². The smallest absolute Gasteiger partial charge is 0.362 e. The molecule has 10 nitrogen and oxygen atoms in total. The van der Waals surface area contributed by atoms with Crippen LogP contribution in [0.1, 0.15) is 17.4 Å². The first-order valence-electron chi connectivity index (χ1n) is 9.70. The molecule has 1 aliphatic heterocycles. The van der Waals surface area contributed by atoms with Crippen molar-refractivity contribution >= 4 is 27.7 Å². The zero-order valence-corrected chi connectivity index (χ0v) is 18.8. The number of ether oxygens (including phenoxy) is 3. The molecule has 0 unspecified atom stereocenters. The molecule has 3 aromatic rings. The maximum Gasteiger partial charge on any atom is 0.362 e. The van der Waals surface area contributed by atoms with Gasteiger partial charge in [-0.25, -0.2) is 4.79 Å². The quantitative estimate of drug-likeness (QED) is 0.377. The fourth-order valence-corrected chi connectivity index (χ4v) is 4.15. The minimum atomic E-state index is -4.48. The first-order valence-corrected chi connectivity index (χ1v) is 11.5. The van der Waals surface area contributed by atoms with E-state index in [1.807, 2.05) is 0 Å². The minimum Gasteiger partial charge on any atom is -0.486 e. The second-order valence-electron chi connectivity index (χ2n) is 6.62. The van der Waals surface area contributed by atoms with E-state index in [1.165, 1.54) is 30.3 Å². The Morgan fingerprint density at radius 2 is 1.85 bits per heavy atom. The van der Waals surface area contributed by atoms with Crippen molar-refractivity contribution in [1.29, 1.82) is 0 Å². The average Bonchev–Trinajstić information content (AvgIpc) is 2.79. The number of fused-ring (bicyclic) bond motifs is 1. The lowest BCUT2D eigenvalue weighted by Gasteiger charge is -2.19. The molecule has 0 fully saturated rings. The molecule has 33 heavy (non-hydrogen) atoms. The number of hydrogen-bond donors (Lipinski definition) is 0. The molecule has 1 aromatic heterocycles. The topological polar surface area (TPSA) is 123 Å². The Labute approximate surface area is 193 Å². The highest BCUT2D eigenvalue weighted by Crippen LogP contribution is 2.33. The van der Waals surface area contributed by atoms with Crippen molar-refractivity contribution in [2.45, 2.75) is 11.8 Å². The molecular formula is C21H17ClN2O8S. The third-order valence-corrected chi connectivity index (χ3v) is 6.00. The molecule has 0 aliphatic carbocycles. The predicted octanol–water partition coefficient (Wildman–Crippen LogP) is 2.60. The summed E-state index contributed by atoms with van der Waals surface area (Å²) in [5, 5.41) is 4.17. The highest BCUT2D eigenvalue weighted by molar-refractivity contribution is 7.87. The van der Waals surface area contributed by atoms with Crippen LogP contribution >= 0.6 is 11.6 Å². The van der Waals surface area contributed by atoms with E-state index in [0.717, 1.165) is 10.7 Å². The standard InChI is InChI=1S/C21H17ClN2O8S/c1-2-29-21(26)20-18(12-19(25)24(23-20)15-6-4-3-5-14(15)22)32-33(27,28)13-7-8-16-17(11-13)31-10-9-30-16/h3-8,11-12H,2,9-10H2,1H3. The van der Waals surface area contributed by atoms with Crippen LogP contribution in [0.4, 0.5) is 0 Å². The summed E-state index contributed by atoms with van der Waals surface area (Å²) in [5.74, 6) is -0.956. The zero-order valence-electron chi connectivity index (χ0n) is 17.2. The number of benzene rings is 2. The molecule has 0 bridgehead atoms. The number of para-hydroxylation sites is 1. The monoisotopic (exact) mass is 492 g/mol. The van der Waals surface area contributed by atoms with Gasteiger partial charge in [-0.15, -0.1) is 0 Å². The van der Waals surface area contributed by atoms with E-state index in [9.17, 15) is 18.0 Å². The van der Waals surface area contributed by atoms with Gasteiger partial charge in [0.1, 0.15) is 18.1 Å². The van der Waals surface area contributed by atoms with E-state index < -0.39 is 33.1 Å². The molecule has 0 N–H and O–H groups in total. The Bertz CT molecular complexity index is 1390. The number of nitrogens with zero attached hydrogens (tertiary/aromatic N) is 2. The molecule has 0 saturated carbocycles. The zero-order chi connectivity index (χ0) is 23.6. The van der Waals surface area contributed by atoms with Crippen LogP contribution < -0.4 is 19.2 Å². The van der Waals surface area contributed by atoms with Crippen molar-refractivity contribution in [3.63, 3.8) is 0 Å². The number of halogens is 1. The summed E-state index contributed by atoms with van der Waals surface area (Å²) in [4.78, 5) is 25.0. The lowest BCUT2D eigenvalue weighted by molar-refractivity contribution is 0.0515. The van der Waals surface area contributed by atoms with Crippen molar-refractivity contribution in [2.24, 2.45) is 0 Å². The Morgan fingerprint density at radius 1 is 1.12 bits per heavy atom. The van der Waals surface area contributed by atoms with Crippen molar-refractivity contribution < 1.29 is 31.6 Å². The average molecular weight is 493 g/mol. The van der Waals surface area contributed by atoms with Crippen LogP contribution in [0.5, 0.6) is 17.2 Å². The summed E-state index contributed by atoms with van der Waals surface area (Å²) in [6, 6.07) is 11.1. The molecule has 0 spiro atoms. The highest BCUT2D eigenvalue weighted by atomic mass is 35.5. The summed E-state index contributed by atoms with van der Waals surface area (Å²) in [6.07, 6.45) is 0. The van der Waals surface area contributed by atoms with Crippen LogP contribution in [0.2, 0.25) is 5.02 Å². The summed E-state index contributed by atoms with van der Waals surface area (Å²) in [5.41, 5.74) is -1.10. The lowest BCUT2D eigenvalue weighted by atomic mass is 10.3. The molecule has 172 valence electrons. The molecule has 0 saturated heterocycles. The third-order valence-electron chi connectivity index (χ3n) is 4.45. The van der Waals surface area contributed by atoms with Crippen LogP contribution in [-0.4, -0.2) is 44.0 Å². The normalized spacial score (nSPS) is 12.8. The van der Waals surface area contributed by atoms with Crippen molar-refractivity contribution in [3.05, 3.63) is 69.6 Å². The van der Waals surface area contributed by atoms with Gasteiger partial charge in [0.2, 0.25) is 5.69 Å². The van der Waals surface area contributed by atoms with Gasteiger partial charge < -0.3 is 18.4 Å². The molecule has 1 aliphatic rings. The lowest BCUT2D eigenvalue weighted by Crippen LogP contribution is -2.26. The van der Waals surface area contributed by atoms with Crippen LogP contribution in [0.3, 0.4) is 0 Å². The minimum absolute atomic E-state index is 0.0138. The molecule has 2 heterocycles. The van der Waals surface area contributed by atoms with Gasteiger partial charge in [-0.1, -0.05) is 23.7 Å². The van der Waals surface area contributed by atoms with Gasteiger partial charge in [0, 0.05) is 6.07 Å². The van der Waals surface area contributed by atoms with Gasteiger partial charge in [-0.3, -0.25) is 4.79 Å². The van der Waals surface area contributed by atoms with Gasteiger partial charge in [0.25, 0.3) is 5.56 Å². The number of carbonyl (C=O) groups excluding carboxylic acids is 1. The second-order valence-corrected chi connectivity index (χ2v) is 8.58. The van der Waals surface area contributed by atoms with E-state index in [1.54, 1.807) is 19.1 Å². The summed E-state index contributed by atoms with van der Waals surface area (Å²) < 4.78 is 47.6. The Balaban J connectivity index is 1.78. The first-order chi connectivity index (χ1) is 15.8. The summed E-state index contributed by atoms with van der Waals surface area (Å²) in [7, 11) is -4.48. The van der Waals surface area contributed by atoms with E-state index in [2.05, 4.69) is 5.10 Å². The van der Waals surface area contributed by atoms with Crippen LogP contribution in [-0.2, 0) is 14.9 Å². The summed E-state index contributed by atoms with van der Waals surface area (Å²) in [6.45, 7) is 2.15. The number of carbonyl (C=O) groups is 1.